The van der Waals surface area contributed by atoms with Crippen LogP contribution >= 0.6 is 0 Å². The summed E-state index contributed by atoms with van der Waals surface area (Å²) < 4.78 is 5.46. The normalized spacial score (nSPS) is 44.6. The molecule has 4 atom stereocenters. The molecular formula is C15H16O3. The van der Waals surface area contributed by atoms with E-state index < -0.39 is 0 Å². The third-order valence-electron chi connectivity index (χ3n) is 5.58. The SMILES string of the molecule is CC1=C2CC3=C(C=O)[C@H]4C[C@H]4[C@]3(C)C[C@@H]2OC1=O. The summed E-state index contributed by atoms with van der Waals surface area (Å²) >= 11 is 0. The lowest BCUT2D eigenvalue weighted by Gasteiger charge is -2.38. The van der Waals surface area contributed by atoms with Crippen LogP contribution in [0.1, 0.15) is 33.1 Å². The molecule has 1 heterocycles. The number of fused-ring (bicyclic) bond motifs is 4. The van der Waals surface area contributed by atoms with Crippen molar-refractivity contribution in [3.8, 4) is 0 Å². The number of carbonyl (C=O) groups excluding carboxylic acids is 2. The van der Waals surface area contributed by atoms with Crippen LogP contribution < -0.4 is 0 Å². The molecule has 0 aromatic heterocycles. The van der Waals surface area contributed by atoms with Gasteiger partial charge in [0.05, 0.1) is 0 Å². The van der Waals surface area contributed by atoms with Gasteiger partial charge in [-0.15, -0.1) is 0 Å². The van der Waals surface area contributed by atoms with Gasteiger partial charge in [-0.05, 0) is 54.6 Å². The molecule has 3 heteroatoms. The van der Waals surface area contributed by atoms with E-state index in [0.717, 1.165) is 42.3 Å². The van der Waals surface area contributed by atoms with Gasteiger partial charge >= 0.3 is 5.97 Å². The summed E-state index contributed by atoms with van der Waals surface area (Å²) in [5.74, 6) is 0.950. The Hall–Kier alpha value is -1.38. The summed E-state index contributed by atoms with van der Waals surface area (Å²) in [6.07, 6.45) is 3.82. The molecule has 18 heavy (non-hydrogen) atoms. The second-order valence-electron chi connectivity index (χ2n) is 6.34. The number of rotatable bonds is 1. The van der Waals surface area contributed by atoms with Crippen LogP contribution in [0, 0.1) is 17.3 Å². The first-order valence-electron chi connectivity index (χ1n) is 6.65. The lowest BCUT2D eigenvalue weighted by atomic mass is 9.67. The van der Waals surface area contributed by atoms with Crippen molar-refractivity contribution in [1.29, 1.82) is 0 Å². The Kier molecular flexibility index (Phi) is 1.73. The molecule has 2 saturated carbocycles. The maximum absolute atomic E-state index is 11.6. The van der Waals surface area contributed by atoms with Crippen LogP contribution in [-0.4, -0.2) is 18.4 Å². The molecule has 0 unspecified atom stereocenters. The zero-order valence-corrected chi connectivity index (χ0v) is 10.7. The lowest BCUT2D eigenvalue weighted by Crippen LogP contribution is -2.33. The monoisotopic (exact) mass is 244 g/mol. The lowest BCUT2D eigenvalue weighted by molar-refractivity contribution is -0.141. The van der Waals surface area contributed by atoms with E-state index in [1.54, 1.807) is 0 Å². The molecule has 2 fully saturated rings. The van der Waals surface area contributed by atoms with Crippen molar-refractivity contribution in [1.82, 2.24) is 0 Å². The first-order chi connectivity index (χ1) is 8.56. The zero-order valence-electron chi connectivity index (χ0n) is 10.7. The van der Waals surface area contributed by atoms with Crippen molar-refractivity contribution in [3.63, 3.8) is 0 Å². The zero-order chi connectivity index (χ0) is 12.7. The van der Waals surface area contributed by atoms with Gasteiger partial charge in [0.1, 0.15) is 12.4 Å². The van der Waals surface area contributed by atoms with Crippen molar-refractivity contribution in [2.24, 2.45) is 17.3 Å². The summed E-state index contributed by atoms with van der Waals surface area (Å²) in [7, 11) is 0. The van der Waals surface area contributed by atoms with E-state index >= 15 is 0 Å². The minimum absolute atomic E-state index is 0.0292. The third kappa shape index (κ3) is 1.02. The Bertz CT molecular complexity index is 554. The molecule has 3 aliphatic carbocycles. The molecule has 1 aliphatic heterocycles. The maximum Gasteiger partial charge on any atom is 0.334 e. The van der Waals surface area contributed by atoms with Gasteiger partial charge in [-0.3, -0.25) is 4.79 Å². The number of allylic oxidation sites excluding steroid dienone is 2. The molecule has 0 saturated heterocycles. The molecule has 94 valence electrons. The predicted octanol–water partition coefficient (Wildman–Crippen LogP) is 2.17. The van der Waals surface area contributed by atoms with Gasteiger partial charge in [0.2, 0.25) is 0 Å². The van der Waals surface area contributed by atoms with Gasteiger partial charge in [0.25, 0.3) is 0 Å². The Morgan fingerprint density at radius 3 is 2.94 bits per heavy atom. The Morgan fingerprint density at radius 2 is 2.22 bits per heavy atom. The highest BCUT2D eigenvalue weighted by Gasteiger charge is 2.62. The molecule has 0 spiro atoms. The molecule has 0 amide bonds. The predicted molar refractivity (Wildman–Crippen MR) is 64.6 cm³/mol. The smallest absolute Gasteiger partial charge is 0.334 e. The van der Waals surface area contributed by atoms with Gasteiger partial charge in [-0.1, -0.05) is 12.5 Å². The average molecular weight is 244 g/mol. The standard InChI is InChI=1S/C15H16O3/c1-7-8-3-12-10(6-16)9-4-11(9)15(12,2)5-13(8)18-14(7)17/h6,9,11,13H,3-5H2,1-2H3/t9-,11-,13+,15+/m1/s1. The number of ether oxygens (including phenoxy) is 1. The van der Waals surface area contributed by atoms with Crippen molar-refractivity contribution in [3.05, 3.63) is 22.3 Å². The molecule has 0 radical (unpaired) electrons. The number of carbonyl (C=O) groups is 2. The highest BCUT2D eigenvalue weighted by molar-refractivity contribution is 5.92. The summed E-state index contributed by atoms with van der Waals surface area (Å²) in [5, 5.41) is 0. The van der Waals surface area contributed by atoms with E-state index in [4.69, 9.17) is 4.74 Å². The summed E-state index contributed by atoms with van der Waals surface area (Å²) in [6.45, 7) is 4.10. The first kappa shape index (κ1) is 10.5. The van der Waals surface area contributed by atoms with E-state index in [2.05, 4.69) is 6.92 Å². The molecule has 3 nitrogen and oxygen atoms in total. The topological polar surface area (TPSA) is 43.4 Å². The second kappa shape index (κ2) is 2.95. The van der Waals surface area contributed by atoms with Crippen LogP contribution in [0.3, 0.4) is 0 Å². The van der Waals surface area contributed by atoms with Crippen molar-refractivity contribution < 1.29 is 14.3 Å². The van der Waals surface area contributed by atoms with Crippen molar-refractivity contribution >= 4 is 12.3 Å². The summed E-state index contributed by atoms with van der Waals surface area (Å²) in [4.78, 5) is 22.9. The molecule has 0 aromatic rings. The van der Waals surface area contributed by atoms with Gasteiger partial charge in [-0.2, -0.15) is 0 Å². The minimum Gasteiger partial charge on any atom is -0.454 e. The van der Waals surface area contributed by atoms with E-state index in [0.29, 0.717) is 11.8 Å². The molecule has 4 rings (SSSR count). The Balaban J connectivity index is 1.84. The number of esters is 1. The van der Waals surface area contributed by atoms with Gasteiger partial charge in [-0.25, -0.2) is 4.79 Å². The van der Waals surface area contributed by atoms with Crippen LogP contribution in [0.5, 0.6) is 0 Å². The molecule has 4 aliphatic rings. The van der Waals surface area contributed by atoms with Gasteiger partial charge < -0.3 is 4.74 Å². The van der Waals surface area contributed by atoms with E-state index in [1.165, 1.54) is 5.57 Å². The average Bonchev–Trinajstić information content (AvgIpc) is 3.03. The minimum atomic E-state index is -0.167. The van der Waals surface area contributed by atoms with Crippen LogP contribution in [0.25, 0.3) is 0 Å². The van der Waals surface area contributed by atoms with E-state index in [-0.39, 0.29) is 17.5 Å². The molecular weight excluding hydrogens is 228 g/mol. The molecule has 0 bridgehead atoms. The number of hydrogen-bond acceptors (Lipinski definition) is 3. The van der Waals surface area contributed by atoms with Crippen molar-refractivity contribution in [2.45, 2.75) is 39.2 Å². The van der Waals surface area contributed by atoms with Crippen LogP contribution in [0.2, 0.25) is 0 Å². The Labute approximate surface area is 106 Å². The fourth-order valence-electron chi connectivity index (χ4n) is 4.41. The Morgan fingerprint density at radius 1 is 1.44 bits per heavy atom. The van der Waals surface area contributed by atoms with Crippen LogP contribution in [0.15, 0.2) is 22.3 Å². The van der Waals surface area contributed by atoms with Gasteiger partial charge in [0.15, 0.2) is 0 Å². The third-order valence-corrected chi connectivity index (χ3v) is 5.58. The van der Waals surface area contributed by atoms with Crippen molar-refractivity contribution in [2.75, 3.05) is 0 Å². The first-order valence-corrected chi connectivity index (χ1v) is 6.65. The largest absolute Gasteiger partial charge is 0.454 e. The van der Waals surface area contributed by atoms with Crippen LogP contribution in [-0.2, 0) is 14.3 Å². The highest BCUT2D eigenvalue weighted by Crippen LogP contribution is 2.69. The number of hydrogen-bond donors (Lipinski definition) is 0. The van der Waals surface area contributed by atoms with E-state index in [1.807, 2.05) is 6.92 Å². The molecule has 0 aromatic carbocycles. The van der Waals surface area contributed by atoms with Gasteiger partial charge in [0, 0.05) is 5.57 Å². The van der Waals surface area contributed by atoms with E-state index in [9.17, 15) is 9.59 Å². The fourth-order valence-corrected chi connectivity index (χ4v) is 4.41. The number of aldehydes is 1. The highest BCUT2D eigenvalue weighted by atomic mass is 16.5. The maximum atomic E-state index is 11.6. The summed E-state index contributed by atoms with van der Waals surface area (Å²) in [5.41, 5.74) is 4.30. The summed E-state index contributed by atoms with van der Waals surface area (Å²) in [6, 6.07) is 0. The molecule has 0 N–H and O–H groups in total. The van der Waals surface area contributed by atoms with Crippen LogP contribution in [0.4, 0.5) is 0 Å². The fraction of sp³-hybridized carbons (Fsp3) is 0.600. The quantitative estimate of drug-likeness (QED) is 0.524. The second-order valence-corrected chi connectivity index (χ2v) is 6.34.